The normalized spacial score (nSPS) is 32.7. The maximum absolute atomic E-state index is 13.9. The summed E-state index contributed by atoms with van der Waals surface area (Å²) in [5, 5.41) is 3.74. The molecular formula is C28H43N3O4. The number of rotatable bonds is 4. The minimum Gasteiger partial charge on any atom is -0.311 e. The number of nitrogens with one attached hydrogen (secondary N) is 1. The number of hydrogen-bond donors (Lipinski definition) is 1. The second-order valence-electron chi connectivity index (χ2n) is 11.4. The lowest BCUT2D eigenvalue weighted by Crippen LogP contribution is -2.67. The van der Waals surface area contributed by atoms with Gasteiger partial charge in [-0.3, -0.25) is 24.2 Å². The summed E-state index contributed by atoms with van der Waals surface area (Å²) in [5.41, 5.74) is -1.59. The van der Waals surface area contributed by atoms with Gasteiger partial charge in [-0.05, 0) is 64.3 Å². The lowest BCUT2D eigenvalue weighted by molar-refractivity contribution is -0.161. The number of imide groups is 2. The fraction of sp³-hybridized carbons (Fsp3) is 0.786. The molecule has 1 N–H and O–H groups in total. The third-order valence-electron chi connectivity index (χ3n) is 9.21. The van der Waals surface area contributed by atoms with Crippen molar-refractivity contribution in [3.05, 3.63) is 12.2 Å². The first kappa shape index (κ1) is 26.1. The Bertz CT molecular complexity index is 858. The highest BCUT2D eigenvalue weighted by Gasteiger charge is 2.57. The van der Waals surface area contributed by atoms with Gasteiger partial charge in [0.05, 0.1) is 6.54 Å². The number of piperidine rings is 1. The quantitative estimate of drug-likeness (QED) is 0.464. The molecule has 4 rings (SSSR count). The first-order valence-corrected chi connectivity index (χ1v) is 13.9. The van der Waals surface area contributed by atoms with E-state index in [1.807, 2.05) is 12.2 Å². The van der Waals surface area contributed by atoms with E-state index < -0.39 is 23.3 Å². The first-order valence-electron chi connectivity index (χ1n) is 13.9. The number of nitrogens with zero attached hydrogens (tertiary/aromatic N) is 2. The number of urea groups is 1. The Morgan fingerprint density at radius 2 is 1.60 bits per heavy atom. The average molecular weight is 486 g/mol. The van der Waals surface area contributed by atoms with Crippen LogP contribution in [0.3, 0.4) is 0 Å². The van der Waals surface area contributed by atoms with Gasteiger partial charge in [0.25, 0.3) is 0 Å². The smallest absolute Gasteiger partial charge is 0.311 e. The van der Waals surface area contributed by atoms with E-state index in [2.05, 4.69) is 5.32 Å². The van der Waals surface area contributed by atoms with Crippen LogP contribution in [0.25, 0.3) is 0 Å². The van der Waals surface area contributed by atoms with Gasteiger partial charge < -0.3 is 5.32 Å². The lowest BCUT2D eigenvalue weighted by atomic mass is 9.68. The van der Waals surface area contributed by atoms with Gasteiger partial charge >= 0.3 is 6.03 Å². The summed E-state index contributed by atoms with van der Waals surface area (Å²) in [4.78, 5) is 56.0. The van der Waals surface area contributed by atoms with Gasteiger partial charge in [-0.25, -0.2) is 4.79 Å². The van der Waals surface area contributed by atoms with Crippen LogP contribution in [0.2, 0.25) is 0 Å². The van der Waals surface area contributed by atoms with E-state index in [1.165, 1.54) is 39.2 Å². The Morgan fingerprint density at radius 1 is 0.943 bits per heavy atom. The highest BCUT2D eigenvalue weighted by molar-refractivity contribution is 6.20. The highest BCUT2D eigenvalue weighted by atomic mass is 16.2. The van der Waals surface area contributed by atoms with E-state index in [4.69, 9.17) is 0 Å². The van der Waals surface area contributed by atoms with Crippen LogP contribution in [-0.2, 0) is 14.4 Å². The Morgan fingerprint density at radius 3 is 2.23 bits per heavy atom. The van der Waals surface area contributed by atoms with E-state index in [1.54, 1.807) is 6.92 Å². The van der Waals surface area contributed by atoms with E-state index in [0.717, 1.165) is 74.1 Å². The molecule has 2 heterocycles. The predicted octanol–water partition coefficient (Wildman–Crippen LogP) is 4.60. The van der Waals surface area contributed by atoms with Crippen molar-refractivity contribution in [3.63, 3.8) is 0 Å². The minimum absolute atomic E-state index is 0.0414. The number of carbonyl (C=O) groups is 4. The molecule has 194 valence electrons. The maximum Gasteiger partial charge on any atom is 0.333 e. The number of carbonyl (C=O) groups excluding carboxylic acids is 4. The third-order valence-corrected chi connectivity index (χ3v) is 9.21. The molecule has 1 spiro atoms. The van der Waals surface area contributed by atoms with Crippen molar-refractivity contribution in [3.8, 4) is 0 Å². The van der Waals surface area contributed by atoms with Gasteiger partial charge in [-0.15, -0.1) is 0 Å². The summed E-state index contributed by atoms with van der Waals surface area (Å²) < 4.78 is 0. The van der Waals surface area contributed by atoms with Crippen LogP contribution in [0.5, 0.6) is 0 Å². The second-order valence-corrected chi connectivity index (χ2v) is 11.4. The van der Waals surface area contributed by atoms with Gasteiger partial charge in [-0.1, -0.05) is 57.1 Å². The van der Waals surface area contributed by atoms with Crippen molar-refractivity contribution in [1.82, 2.24) is 15.1 Å². The molecule has 1 saturated carbocycles. The summed E-state index contributed by atoms with van der Waals surface area (Å²) in [6, 6.07) is -0.672. The zero-order chi connectivity index (χ0) is 25.1. The molecule has 4 aliphatic rings. The van der Waals surface area contributed by atoms with Crippen LogP contribution in [-0.4, -0.2) is 59.1 Å². The van der Waals surface area contributed by atoms with Crippen molar-refractivity contribution in [2.45, 2.75) is 102 Å². The standard InChI is InChI=1S/C28H43N3O4/c1-27(21-14-9-8-10-15-21)24(33)30(2)26(35)31(25(27)34)20-23(32)22-16-13-19-29-28(22)17-11-6-4-3-5-7-12-18-28/h9,14,21-22,29H,3-8,10-13,15-20H2,1-2H3. The van der Waals surface area contributed by atoms with Crippen molar-refractivity contribution in [1.29, 1.82) is 0 Å². The number of ketones is 1. The van der Waals surface area contributed by atoms with Crippen molar-refractivity contribution >= 4 is 23.6 Å². The summed E-state index contributed by atoms with van der Waals surface area (Å²) in [5.74, 6) is -1.49. The minimum atomic E-state index is -1.35. The number of barbiturate groups is 1. The Hall–Kier alpha value is -2.02. The molecule has 0 radical (unpaired) electrons. The SMILES string of the molecule is CN1C(=O)N(CC(=O)C2CCCNC23CCCCCCCCC3)C(=O)C(C)(C2C=CCCC2)C1=O. The van der Waals surface area contributed by atoms with Crippen LogP contribution in [0.15, 0.2) is 12.2 Å². The number of allylic oxidation sites excluding steroid dienone is 2. The molecule has 3 fully saturated rings. The van der Waals surface area contributed by atoms with Crippen LogP contribution in [0.1, 0.15) is 96.8 Å². The second kappa shape index (κ2) is 10.9. The Labute approximate surface area is 210 Å². The summed E-state index contributed by atoms with van der Waals surface area (Å²) in [6.45, 7) is 2.33. The predicted molar refractivity (Wildman–Crippen MR) is 134 cm³/mol. The molecule has 7 nitrogen and oxygen atoms in total. The Kier molecular flexibility index (Phi) is 8.14. The molecule has 35 heavy (non-hydrogen) atoms. The molecule has 3 atom stereocenters. The third kappa shape index (κ3) is 4.98. The highest BCUT2D eigenvalue weighted by Crippen LogP contribution is 2.42. The van der Waals surface area contributed by atoms with Crippen molar-refractivity contribution in [2.24, 2.45) is 17.3 Å². The molecule has 2 saturated heterocycles. The number of hydrogen-bond acceptors (Lipinski definition) is 5. The monoisotopic (exact) mass is 485 g/mol. The van der Waals surface area contributed by atoms with Crippen molar-refractivity contribution in [2.75, 3.05) is 20.1 Å². The number of Topliss-reactive ketones (excluding diaryl/α,β-unsaturated/α-hetero) is 1. The lowest BCUT2D eigenvalue weighted by Gasteiger charge is -2.47. The average Bonchev–Trinajstić information content (AvgIpc) is 2.89. The summed E-state index contributed by atoms with van der Waals surface area (Å²) in [6.07, 6.45) is 18.5. The van der Waals surface area contributed by atoms with E-state index in [9.17, 15) is 19.2 Å². The van der Waals surface area contributed by atoms with E-state index in [0.29, 0.717) is 0 Å². The van der Waals surface area contributed by atoms with Gasteiger partial charge in [0.2, 0.25) is 11.8 Å². The molecule has 2 aliphatic carbocycles. The van der Waals surface area contributed by atoms with Gasteiger partial charge in [0, 0.05) is 18.5 Å². The zero-order valence-corrected chi connectivity index (χ0v) is 21.7. The molecule has 3 unspecified atom stereocenters. The van der Waals surface area contributed by atoms with E-state index >= 15 is 0 Å². The van der Waals surface area contributed by atoms with Crippen LogP contribution >= 0.6 is 0 Å². The van der Waals surface area contributed by atoms with Crippen molar-refractivity contribution < 1.29 is 19.2 Å². The van der Waals surface area contributed by atoms with Crippen LogP contribution in [0.4, 0.5) is 4.79 Å². The van der Waals surface area contributed by atoms with Gasteiger partial charge in [0.15, 0.2) is 5.78 Å². The molecule has 0 aromatic rings. The largest absolute Gasteiger partial charge is 0.333 e. The topological polar surface area (TPSA) is 86.8 Å². The van der Waals surface area contributed by atoms with Gasteiger partial charge in [0.1, 0.15) is 5.41 Å². The molecule has 0 aromatic heterocycles. The summed E-state index contributed by atoms with van der Waals surface area (Å²) in [7, 11) is 1.43. The fourth-order valence-corrected chi connectivity index (χ4v) is 7.02. The molecular weight excluding hydrogens is 442 g/mol. The van der Waals surface area contributed by atoms with E-state index in [-0.39, 0.29) is 29.7 Å². The zero-order valence-electron chi connectivity index (χ0n) is 21.7. The molecule has 0 bridgehead atoms. The molecule has 0 aromatic carbocycles. The van der Waals surface area contributed by atoms with Gasteiger partial charge in [-0.2, -0.15) is 0 Å². The molecule has 4 amide bonds. The summed E-state index contributed by atoms with van der Waals surface area (Å²) >= 11 is 0. The fourth-order valence-electron chi connectivity index (χ4n) is 7.02. The number of amides is 4. The maximum atomic E-state index is 13.9. The molecule has 2 aliphatic heterocycles. The molecule has 7 heteroatoms. The Balaban J connectivity index is 1.57. The van der Waals surface area contributed by atoms with Crippen LogP contribution < -0.4 is 5.32 Å². The first-order chi connectivity index (χ1) is 16.8. The van der Waals surface area contributed by atoms with Crippen LogP contribution in [0, 0.1) is 17.3 Å².